The van der Waals surface area contributed by atoms with Gasteiger partial charge in [-0.1, -0.05) is 17.3 Å². The van der Waals surface area contributed by atoms with E-state index in [9.17, 15) is 9.59 Å². The molecule has 1 saturated heterocycles. The second-order valence-electron chi connectivity index (χ2n) is 4.73. The van der Waals surface area contributed by atoms with Gasteiger partial charge in [0.15, 0.2) is 0 Å². The van der Waals surface area contributed by atoms with Gasteiger partial charge in [0.1, 0.15) is 12.8 Å². The van der Waals surface area contributed by atoms with Gasteiger partial charge in [-0.05, 0) is 24.1 Å². The van der Waals surface area contributed by atoms with Gasteiger partial charge in [-0.3, -0.25) is 13.9 Å². The van der Waals surface area contributed by atoms with Crippen LogP contribution in [0.15, 0.2) is 29.4 Å². The van der Waals surface area contributed by atoms with Crippen molar-refractivity contribution in [2.75, 3.05) is 25.0 Å². The molecule has 0 saturated carbocycles. The van der Waals surface area contributed by atoms with Gasteiger partial charge >= 0.3 is 46.0 Å². The fraction of sp³-hybridized carbons (Fsp3) is 0.308. The number of amides is 2. The van der Waals surface area contributed by atoms with E-state index in [1.807, 2.05) is 12.1 Å². The molecule has 0 spiro atoms. The van der Waals surface area contributed by atoms with Crippen LogP contribution in [-0.2, 0) is 26.4 Å². The standard InChI is InChI=1S/C13H15N3O4.Na.H2O4S.H/c17-12(9-14-19)15-11-3-1-10(2-4-11)5-6-16-7-8-20-13(16)18;;1-5(2,3)4;/h1-4,9,19H,5-8H2,(H,15,17);;(H2,1,2,3,4);. The summed E-state index contributed by atoms with van der Waals surface area (Å²) < 4.78 is 36.4. The molecule has 0 unspecified atom stereocenters. The van der Waals surface area contributed by atoms with Crippen LogP contribution in [0.2, 0.25) is 0 Å². The minimum atomic E-state index is -4.67. The maximum absolute atomic E-state index is 11.3. The molecule has 0 bridgehead atoms. The molecule has 0 aromatic heterocycles. The molecule has 1 fully saturated rings. The topological polar surface area (TPSA) is 166 Å². The fourth-order valence-electron chi connectivity index (χ4n) is 1.87. The number of hydrogen-bond acceptors (Lipinski definition) is 7. The Balaban J connectivity index is 0.000000923. The van der Waals surface area contributed by atoms with Gasteiger partial charge in [0.05, 0.1) is 6.54 Å². The van der Waals surface area contributed by atoms with Gasteiger partial charge in [-0.15, -0.1) is 0 Å². The molecule has 13 heteroatoms. The Hall–Kier alpha value is -1.70. The van der Waals surface area contributed by atoms with E-state index in [4.69, 9.17) is 27.5 Å². The van der Waals surface area contributed by atoms with Crippen LogP contribution in [0.1, 0.15) is 5.56 Å². The number of cyclic esters (lactones) is 1. The Bertz CT molecular complexity index is 715. The summed E-state index contributed by atoms with van der Waals surface area (Å²) in [6, 6.07) is 7.24. The summed E-state index contributed by atoms with van der Waals surface area (Å²) in [6.07, 6.45) is 1.24. The molecule has 1 aliphatic rings. The van der Waals surface area contributed by atoms with Crippen LogP contribution in [-0.4, -0.2) is 95.1 Å². The van der Waals surface area contributed by atoms with Crippen LogP contribution in [0.25, 0.3) is 0 Å². The van der Waals surface area contributed by atoms with E-state index in [0.717, 1.165) is 18.2 Å². The molecular formula is C13H18N3NaO8S. The molecule has 11 nitrogen and oxygen atoms in total. The number of nitrogens with zero attached hydrogens (tertiary/aromatic N) is 2. The van der Waals surface area contributed by atoms with E-state index in [2.05, 4.69) is 10.5 Å². The van der Waals surface area contributed by atoms with Crippen molar-refractivity contribution in [1.82, 2.24) is 4.90 Å². The molecule has 1 aromatic rings. The number of carbonyl (C=O) groups excluding carboxylic acids is 2. The number of oxime groups is 1. The third-order valence-corrected chi connectivity index (χ3v) is 2.91. The molecule has 1 aliphatic heterocycles. The SMILES string of the molecule is O=C(C=NO)Nc1ccc(CCN2CCOC2=O)cc1.O=S(=O)(O)O.[NaH]. The minimum absolute atomic E-state index is 0. The van der Waals surface area contributed by atoms with Gasteiger partial charge in [0.25, 0.3) is 5.91 Å². The zero-order valence-corrected chi connectivity index (χ0v) is 13.7. The Labute approximate surface area is 171 Å². The van der Waals surface area contributed by atoms with E-state index in [-0.39, 0.29) is 35.7 Å². The number of carbonyl (C=O) groups is 2. The Morgan fingerprint density at radius 3 is 2.35 bits per heavy atom. The first kappa shape index (κ1) is 24.3. The van der Waals surface area contributed by atoms with Crippen molar-refractivity contribution in [2.45, 2.75) is 6.42 Å². The molecule has 0 radical (unpaired) electrons. The Morgan fingerprint density at radius 2 is 1.88 bits per heavy atom. The molecule has 1 aromatic carbocycles. The maximum atomic E-state index is 11.3. The summed E-state index contributed by atoms with van der Waals surface area (Å²) in [7, 11) is -4.67. The van der Waals surface area contributed by atoms with Crippen molar-refractivity contribution >= 4 is 63.9 Å². The van der Waals surface area contributed by atoms with Crippen LogP contribution in [0, 0.1) is 0 Å². The van der Waals surface area contributed by atoms with E-state index in [1.165, 1.54) is 0 Å². The first-order valence-electron chi connectivity index (χ1n) is 6.88. The van der Waals surface area contributed by atoms with Gasteiger partial charge in [0, 0.05) is 12.2 Å². The van der Waals surface area contributed by atoms with E-state index >= 15 is 0 Å². The molecular weight excluding hydrogens is 381 g/mol. The van der Waals surface area contributed by atoms with Crippen molar-refractivity contribution in [2.24, 2.45) is 5.16 Å². The van der Waals surface area contributed by atoms with Crippen LogP contribution < -0.4 is 5.32 Å². The van der Waals surface area contributed by atoms with Crippen molar-refractivity contribution in [3.8, 4) is 0 Å². The Kier molecular flexibility index (Phi) is 11.1. The average Bonchev–Trinajstić information content (AvgIpc) is 2.90. The predicted octanol–water partition coefficient (Wildman–Crippen LogP) is -0.221. The van der Waals surface area contributed by atoms with Crippen LogP contribution >= 0.6 is 0 Å². The van der Waals surface area contributed by atoms with Gasteiger partial charge in [-0.25, -0.2) is 4.79 Å². The molecule has 26 heavy (non-hydrogen) atoms. The zero-order chi connectivity index (χ0) is 18.9. The molecule has 4 N–H and O–H groups in total. The number of benzene rings is 1. The number of hydrogen-bond donors (Lipinski definition) is 4. The van der Waals surface area contributed by atoms with Gasteiger partial charge in [-0.2, -0.15) is 8.42 Å². The summed E-state index contributed by atoms with van der Waals surface area (Å²) in [5.41, 5.74) is 1.66. The number of nitrogens with one attached hydrogen (secondary N) is 1. The Morgan fingerprint density at radius 1 is 1.31 bits per heavy atom. The summed E-state index contributed by atoms with van der Waals surface area (Å²) in [5.74, 6) is -0.500. The second kappa shape index (κ2) is 11.8. The van der Waals surface area contributed by atoms with Crippen LogP contribution in [0.3, 0.4) is 0 Å². The van der Waals surface area contributed by atoms with Crippen molar-refractivity contribution in [1.29, 1.82) is 0 Å². The molecule has 1 heterocycles. The third-order valence-electron chi connectivity index (χ3n) is 2.91. The second-order valence-corrected chi connectivity index (χ2v) is 5.63. The van der Waals surface area contributed by atoms with Crippen molar-refractivity contribution < 1.29 is 37.1 Å². The molecule has 0 atom stereocenters. The molecule has 2 amide bonds. The van der Waals surface area contributed by atoms with E-state index in [0.29, 0.717) is 25.4 Å². The van der Waals surface area contributed by atoms with Gasteiger partial charge < -0.3 is 20.2 Å². The van der Waals surface area contributed by atoms with Crippen LogP contribution in [0.4, 0.5) is 10.5 Å². The predicted molar refractivity (Wildman–Crippen MR) is 93.3 cm³/mol. The summed E-state index contributed by atoms with van der Waals surface area (Å²) in [4.78, 5) is 24.1. The molecule has 140 valence electrons. The van der Waals surface area contributed by atoms with Crippen molar-refractivity contribution in [3.63, 3.8) is 0 Å². The number of rotatable bonds is 5. The van der Waals surface area contributed by atoms with Gasteiger partial charge in [0.2, 0.25) is 0 Å². The number of ether oxygens (including phenoxy) is 1. The fourth-order valence-corrected chi connectivity index (χ4v) is 1.87. The quantitative estimate of drug-likeness (QED) is 0.173. The first-order chi connectivity index (χ1) is 11.7. The molecule has 2 rings (SSSR count). The van der Waals surface area contributed by atoms with Crippen LogP contribution in [0.5, 0.6) is 0 Å². The normalized spacial score (nSPS) is 13.5. The average molecular weight is 399 g/mol. The first-order valence-corrected chi connectivity index (χ1v) is 8.27. The zero-order valence-electron chi connectivity index (χ0n) is 12.9. The third kappa shape index (κ3) is 11.0. The molecule has 0 aliphatic carbocycles. The monoisotopic (exact) mass is 399 g/mol. The summed E-state index contributed by atoms with van der Waals surface area (Å²) in [5, 5.41) is 13.4. The van der Waals surface area contributed by atoms with Crippen molar-refractivity contribution in [3.05, 3.63) is 29.8 Å². The van der Waals surface area contributed by atoms with E-state index in [1.54, 1.807) is 17.0 Å². The summed E-state index contributed by atoms with van der Waals surface area (Å²) in [6.45, 7) is 1.70. The summed E-state index contributed by atoms with van der Waals surface area (Å²) >= 11 is 0. The van der Waals surface area contributed by atoms with E-state index < -0.39 is 16.3 Å². The number of anilines is 1.